The molecule has 3 rings (SSSR count). The molecule has 0 bridgehead atoms. The summed E-state index contributed by atoms with van der Waals surface area (Å²) in [4.78, 5) is 28.4. The van der Waals surface area contributed by atoms with Crippen LogP contribution in [0.4, 0.5) is 0 Å². The molecular weight excluding hydrogens is 518 g/mol. The van der Waals surface area contributed by atoms with E-state index in [1.807, 2.05) is 44.0 Å². The van der Waals surface area contributed by atoms with E-state index in [1.54, 1.807) is 25.6 Å². The Morgan fingerprint density at radius 1 is 1.26 bits per heavy atom. The molecule has 1 aromatic heterocycles. The Hall–Kier alpha value is -1.72. The number of carbonyl (C=O) groups is 2. The van der Waals surface area contributed by atoms with E-state index in [0.717, 1.165) is 35.6 Å². The van der Waals surface area contributed by atoms with Gasteiger partial charge in [-0.05, 0) is 56.6 Å². The van der Waals surface area contributed by atoms with Gasteiger partial charge < -0.3 is 20.1 Å². The van der Waals surface area contributed by atoms with Crippen LogP contribution in [0.1, 0.15) is 72.4 Å². The van der Waals surface area contributed by atoms with E-state index < -0.39 is 36.1 Å². The fraction of sp³-hybridized carbons (Fsp3) is 0.759. The Bertz CT molecular complexity index is 1040. The zero-order chi connectivity index (χ0) is 29.1. The summed E-state index contributed by atoms with van der Waals surface area (Å²) in [5, 5.41) is 36.9. The number of carbonyl (C=O) groups excluding carboxylic acids is 2. The number of β-amino-alcohol motifs (C(OH)–C–C–N with tert-alkyl or cyclic N) is 1. The number of cyclic esters (lactones) is 1. The number of rotatable bonds is 5. The number of aliphatic hydroxyl groups is 3. The molecule has 220 valence electrons. The molecule has 0 radical (unpaired) electrons. The zero-order valence-corrected chi connectivity index (χ0v) is 25.3. The molecule has 2 saturated heterocycles. The lowest BCUT2D eigenvalue weighted by molar-refractivity contribution is -0.151. The second kappa shape index (κ2) is 13.3. The van der Waals surface area contributed by atoms with Crippen LogP contribution in [-0.4, -0.2) is 91.1 Å². The van der Waals surface area contributed by atoms with Crippen molar-refractivity contribution in [3.05, 3.63) is 17.3 Å². The standard InChI is InChI=1S/C29H47N3O6S/c1-17-9-8-10-29(5)24(32(29)11-12-33)16-23(18(2)13-21-14-25(39-7)31(6)30-21)38-26(35)15-22(34)19(3)28(37)20(4)27(17)36/h13-14,17,19-20,22-24,27,33-34,36H,8-12,15-16H2,1-7H3/b18-13+/t17-,19?,20+,22-,23?,24?,27?,29+,32?/m0/s1. The predicted octanol–water partition coefficient (Wildman–Crippen LogP) is 3.06. The number of aliphatic hydroxyl groups excluding tert-OH is 3. The summed E-state index contributed by atoms with van der Waals surface area (Å²) >= 11 is 1.60. The molecule has 39 heavy (non-hydrogen) atoms. The Kier molecular flexibility index (Phi) is 10.8. The second-order valence-corrected chi connectivity index (χ2v) is 12.6. The molecule has 0 saturated carbocycles. The number of esters is 1. The van der Waals surface area contributed by atoms with Gasteiger partial charge in [-0.15, -0.1) is 11.8 Å². The molecule has 9 nitrogen and oxygen atoms in total. The van der Waals surface area contributed by atoms with Gasteiger partial charge in [0.05, 0.1) is 36.0 Å². The van der Waals surface area contributed by atoms with Crippen LogP contribution >= 0.6 is 11.8 Å². The minimum absolute atomic E-state index is 0.0373. The molecule has 2 fully saturated rings. The molecule has 0 spiro atoms. The summed E-state index contributed by atoms with van der Waals surface area (Å²) in [5.41, 5.74) is 1.45. The highest BCUT2D eigenvalue weighted by molar-refractivity contribution is 7.98. The second-order valence-electron chi connectivity index (χ2n) is 11.7. The molecule has 2 aliphatic rings. The summed E-state index contributed by atoms with van der Waals surface area (Å²) in [6.45, 7) is 9.92. The van der Waals surface area contributed by atoms with Gasteiger partial charge in [0, 0.05) is 43.4 Å². The topological polar surface area (TPSA) is 125 Å². The first-order valence-corrected chi connectivity index (χ1v) is 15.3. The number of nitrogens with zero attached hydrogens (tertiary/aromatic N) is 3. The third-order valence-electron chi connectivity index (χ3n) is 8.97. The first kappa shape index (κ1) is 31.8. The number of hydrogen-bond acceptors (Lipinski definition) is 9. The molecule has 5 unspecified atom stereocenters. The van der Waals surface area contributed by atoms with Crippen molar-refractivity contribution in [2.24, 2.45) is 24.8 Å². The summed E-state index contributed by atoms with van der Waals surface area (Å²) < 4.78 is 7.79. The van der Waals surface area contributed by atoms with Crippen molar-refractivity contribution in [2.45, 2.75) is 102 Å². The van der Waals surface area contributed by atoms with Gasteiger partial charge in [0.15, 0.2) is 0 Å². The first-order chi connectivity index (χ1) is 18.3. The van der Waals surface area contributed by atoms with Gasteiger partial charge in [-0.3, -0.25) is 19.2 Å². The Balaban J connectivity index is 1.91. The van der Waals surface area contributed by atoms with Crippen molar-refractivity contribution >= 4 is 29.6 Å². The Morgan fingerprint density at radius 2 is 1.95 bits per heavy atom. The summed E-state index contributed by atoms with van der Waals surface area (Å²) in [5.74, 6) is -2.36. The summed E-state index contributed by atoms with van der Waals surface area (Å²) in [6.07, 6.45) is 4.08. The number of thioether (sulfide) groups is 1. The van der Waals surface area contributed by atoms with Gasteiger partial charge in [0.1, 0.15) is 11.9 Å². The van der Waals surface area contributed by atoms with E-state index in [-0.39, 0.29) is 36.3 Å². The molecular formula is C29H47N3O6S. The maximum absolute atomic E-state index is 13.1. The van der Waals surface area contributed by atoms with Crippen molar-refractivity contribution in [3.8, 4) is 0 Å². The van der Waals surface area contributed by atoms with Gasteiger partial charge >= 0.3 is 5.97 Å². The minimum atomic E-state index is -1.20. The van der Waals surface area contributed by atoms with Gasteiger partial charge in [-0.25, -0.2) is 0 Å². The number of hydrogen-bond donors (Lipinski definition) is 3. The third-order valence-corrected chi connectivity index (χ3v) is 9.77. The SMILES string of the molecule is CSc1cc(/C=C(\C)C2CC3N(CCO)[C@]3(C)CCC[C@H](C)C(O)[C@@H](C)C(=O)C(C)[C@@H](O)CC(=O)O2)nn1C. The smallest absolute Gasteiger partial charge is 0.309 e. The van der Waals surface area contributed by atoms with Crippen molar-refractivity contribution < 1.29 is 29.6 Å². The molecule has 0 aromatic carbocycles. The molecule has 0 amide bonds. The van der Waals surface area contributed by atoms with Crippen LogP contribution in [0.3, 0.4) is 0 Å². The van der Waals surface area contributed by atoms with Gasteiger partial charge in [0.25, 0.3) is 0 Å². The number of fused-ring (bicyclic) bond motifs is 1. The molecule has 10 heteroatoms. The van der Waals surface area contributed by atoms with Gasteiger partial charge in [-0.1, -0.05) is 27.2 Å². The Labute approximate surface area is 237 Å². The third kappa shape index (κ3) is 7.33. The highest BCUT2D eigenvalue weighted by Gasteiger charge is 2.58. The maximum Gasteiger partial charge on any atom is 0.309 e. The zero-order valence-electron chi connectivity index (χ0n) is 24.5. The summed E-state index contributed by atoms with van der Waals surface area (Å²) in [7, 11) is 1.89. The van der Waals surface area contributed by atoms with E-state index >= 15 is 0 Å². The van der Waals surface area contributed by atoms with Crippen LogP contribution in [0.5, 0.6) is 0 Å². The highest BCUT2D eigenvalue weighted by Crippen LogP contribution is 2.48. The lowest BCUT2D eigenvalue weighted by Gasteiger charge is -2.28. The van der Waals surface area contributed by atoms with Crippen molar-refractivity contribution in [3.63, 3.8) is 0 Å². The number of aryl methyl sites for hydroxylation is 1. The highest BCUT2D eigenvalue weighted by atomic mass is 32.2. The predicted molar refractivity (Wildman–Crippen MR) is 152 cm³/mol. The summed E-state index contributed by atoms with van der Waals surface area (Å²) in [6, 6.07) is 2.09. The molecule has 0 aliphatic carbocycles. The maximum atomic E-state index is 13.1. The van der Waals surface area contributed by atoms with Crippen LogP contribution < -0.4 is 0 Å². The van der Waals surface area contributed by atoms with Crippen LogP contribution in [0.2, 0.25) is 0 Å². The van der Waals surface area contributed by atoms with Gasteiger partial charge in [0.2, 0.25) is 0 Å². The number of ketones is 1. The normalized spacial score (nSPS) is 37.3. The lowest BCUT2D eigenvalue weighted by atomic mass is 9.81. The average Bonchev–Trinajstić information content (AvgIpc) is 3.23. The first-order valence-electron chi connectivity index (χ1n) is 14.1. The van der Waals surface area contributed by atoms with E-state index in [1.165, 1.54) is 0 Å². The molecule has 3 N–H and O–H groups in total. The number of Topliss-reactive ketones (excluding diaryl/α,β-unsaturated/α-hetero) is 1. The van der Waals surface area contributed by atoms with Crippen molar-refractivity contribution in [2.75, 3.05) is 19.4 Å². The van der Waals surface area contributed by atoms with Crippen LogP contribution in [0.25, 0.3) is 6.08 Å². The van der Waals surface area contributed by atoms with Crippen LogP contribution in [-0.2, 0) is 21.4 Å². The molecule has 1 aromatic rings. The van der Waals surface area contributed by atoms with E-state index in [2.05, 4.69) is 16.9 Å². The Morgan fingerprint density at radius 3 is 2.56 bits per heavy atom. The van der Waals surface area contributed by atoms with Gasteiger partial charge in [-0.2, -0.15) is 5.10 Å². The fourth-order valence-electron chi connectivity index (χ4n) is 6.15. The number of ether oxygens (including phenoxy) is 1. The largest absolute Gasteiger partial charge is 0.458 e. The quantitative estimate of drug-likeness (QED) is 0.281. The minimum Gasteiger partial charge on any atom is -0.458 e. The number of aromatic nitrogens is 2. The van der Waals surface area contributed by atoms with Crippen LogP contribution in [0.15, 0.2) is 16.7 Å². The van der Waals surface area contributed by atoms with Crippen LogP contribution in [0, 0.1) is 17.8 Å². The molecule has 2 aliphatic heterocycles. The molecule has 3 heterocycles. The lowest BCUT2D eigenvalue weighted by Crippen LogP contribution is -2.39. The van der Waals surface area contributed by atoms with Crippen molar-refractivity contribution in [1.82, 2.24) is 14.7 Å². The monoisotopic (exact) mass is 565 g/mol. The molecule has 9 atom stereocenters. The average molecular weight is 566 g/mol. The fourth-order valence-corrected chi connectivity index (χ4v) is 6.70. The van der Waals surface area contributed by atoms with E-state index in [4.69, 9.17) is 4.74 Å². The van der Waals surface area contributed by atoms with E-state index in [0.29, 0.717) is 13.0 Å². The van der Waals surface area contributed by atoms with E-state index in [9.17, 15) is 24.9 Å². The van der Waals surface area contributed by atoms with Crippen molar-refractivity contribution in [1.29, 1.82) is 0 Å².